The second-order valence-electron chi connectivity index (χ2n) is 5.96. The molecule has 0 bridgehead atoms. The average Bonchev–Trinajstić information content (AvgIpc) is 3.23. The van der Waals surface area contributed by atoms with Crippen LogP contribution in [0.25, 0.3) is 11.5 Å². The van der Waals surface area contributed by atoms with E-state index >= 15 is 0 Å². The van der Waals surface area contributed by atoms with E-state index in [2.05, 4.69) is 20.3 Å². The number of methoxy groups -OCH3 is 1. The highest BCUT2D eigenvalue weighted by molar-refractivity contribution is 6.03. The molecule has 0 atom stereocenters. The van der Waals surface area contributed by atoms with Crippen LogP contribution in [0.3, 0.4) is 0 Å². The van der Waals surface area contributed by atoms with E-state index in [1.54, 1.807) is 18.2 Å². The number of benzene rings is 2. The summed E-state index contributed by atoms with van der Waals surface area (Å²) in [7, 11) is 1.29. The standard InChI is InChI=1S/C21H21N3O6/c1-4-28-16-11-10-15(12-17(16)29-5-2)19-23-24-21(30-19)22-18(25)13-6-8-14(9-7-13)20(26)27-3/h6-12H,4-5H2,1-3H3,(H,22,24,25). The van der Waals surface area contributed by atoms with Crippen molar-refractivity contribution >= 4 is 17.9 Å². The second-order valence-corrected chi connectivity index (χ2v) is 5.96. The Morgan fingerprint density at radius 2 is 1.60 bits per heavy atom. The Kier molecular flexibility index (Phi) is 6.63. The molecule has 0 radical (unpaired) electrons. The Morgan fingerprint density at radius 1 is 0.933 bits per heavy atom. The van der Waals surface area contributed by atoms with Crippen molar-refractivity contribution in [3.05, 3.63) is 53.6 Å². The van der Waals surface area contributed by atoms with Crippen molar-refractivity contribution in [2.75, 3.05) is 25.6 Å². The molecule has 0 saturated carbocycles. The van der Waals surface area contributed by atoms with Gasteiger partial charge in [-0.1, -0.05) is 5.10 Å². The number of carbonyl (C=O) groups excluding carboxylic acids is 2. The van der Waals surface area contributed by atoms with Gasteiger partial charge in [-0.05, 0) is 56.3 Å². The molecule has 0 unspecified atom stereocenters. The highest BCUT2D eigenvalue weighted by Gasteiger charge is 2.15. The summed E-state index contributed by atoms with van der Waals surface area (Å²) in [6, 6.07) is 11.2. The largest absolute Gasteiger partial charge is 0.490 e. The predicted molar refractivity (Wildman–Crippen MR) is 108 cm³/mol. The number of hydrogen-bond acceptors (Lipinski definition) is 8. The number of ether oxygens (including phenoxy) is 3. The van der Waals surface area contributed by atoms with E-state index < -0.39 is 11.9 Å². The third-order valence-electron chi connectivity index (χ3n) is 4.00. The minimum absolute atomic E-state index is 0.0566. The van der Waals surface area contributed by atoms with Crippen LogP contribution >= 0.6 is 0 Å². The number of esters is 1. The van der Waals surface area contributed by atoms with Crippen LogP contribution in [0.5, 0.6) is 11.5 Å². The zero-order valence-electron chi connectivity index (χ0n) is 16.8. The molecule has 0 aliphatic heterocycles. The maximum absolute atomic E-state index is 12.4. The van der Waals surface area contributed by atoms with Crippen molar-refractivity contribution in [1.29, 1.82) is 0 Å². The lowest BCUT2D eigenvalue weighted by Crippen LogP contribution is -2.12. The molecule has 0 aliphatic carbocycles. The maximum atomic E-state index is 12.4. The molecule has 2 aromatic carbocycles. The van der Waals surface area contributed by atoms with Crippen LogP contribution in [-0.4, -0.2) is 42.4 Å². The first-order valence-electron chi connectivity index (χ1n) is 9.29. The van der Waals surface area contributed by atoms with E-state index in [1.165, 1.54) is 31.4 Å². The van der Waals surface area contributed by atoms with Crippen LogP contribution < -0.4 is 14.8 Å². The summed E-state index contributed by atoms with van der Waals surface area (Å²) in [5.41, 5.74) is 1.29. The molecule has 0 spiro atoms. The number of nitrogens with zero attached hydrogens (tertiary/aromatic N) is 2. The second kappa shape index (κ2) is 9.55. The zero-order valence-corrected chi connectivity index (χ0v) is 16.8. The van der Waals surface area contributed by atoms with E-state index in [0.717, 1.165) is 0 Å². The number of amides is 1. The normalized spacial score (nSPS) is 10.4. The monoisotopic (exact) mass is 411 g/mol. The first-order valence-corrected chi connectivity index (χ1v) is 9.29. The minimum atomic E-state index is -0.481. The third kappa shape index (κ3) is 4.75. The molecule has 9 nitrogen and oxygen atoms in total. The number of rotatable bonds is 8. The van der Waals surface area contributed by atoms with Gasteiger partial charge in [-0.2, -0.15) is 0 Å². The van der Waals surface area contributed by atoms with Gasteiger partial charge in [0.2, 0.25) is 5.89 Å². The number of aromatic nitrogens is 2. The van der Waals surface area contributed by atoms with Crippen LogP contribution in [-0.2, 0) is 4.74 Å². The first-order chi connectivity index (χ1) is 14.5. The van der Waals surface area contributed by atoms with Gasteiger partial charge in [0, 0.05) is 11.1 Å². The molecular weight excluding hydrogens is 390 g/mol. The van der Waals surface area contributed by atoms with Gasteiger partial charge in [0.15, 0.2) is 11.5 Å². The summed E-state index contributed by atoms with van der Waals surface area (Å²) in [6.45, 7) is 4.75. The van der Waals surface area contributed by atoms with Gasteiger partial charge in [0.1, 0.15) is 0 Å². The Labute approximate surface area is 173 Å². The lowest BCUT2D eigenvalue weighted by atomic mass is 10.1. The fourth-order valence-electron chi connectivity index (χ4n) is 2.62. The van der Waals surface area contributed by atoms with Gasteiger partial charge in [0.25, 0.3) is 5.91 Å². The smallest absolute Gasteiger partial charge is 0.337 e. The highest BCUT2D eigenvalue weighted by Crippen LogP contribution is 2.32. The van der Waals surface area contributed by atoms with Gasteiger partial charge >= 0.3 is 12.0 Å². The summed E-state index contributed by atoms with van der Waals surface area (Å²) in [6.07, 6.45) is 0. The number of carbonyl (C=O) groups is 2. The van der Waals surface area contributed by atoms with E-state index in [-0.39, 0.29) is 11.9 Å². The average molecular weight is 411 g/mol. The fourth-order valence-corrected chi connectivity index (χ4v) is 2.62. The molecule has 0 aliphatic rings. The molecule has 0 fully saturated rings. The lowest BCUT2D eigenvalue weighted by molar-refractivity contribution is 0.0600. The number of hydrogen-bond donors (Lipinski definition) is 1. The zero-order chi connectivity index (χ0) is 21.5. The lowest BCUT2D eigenvalue weighted by Gasteiger charge is -2.11. The topological polar surface area (TPSA) is 113 Å². The minimum Gasteiger partial charge on any atom is -0.490 e. The van der Waals surface area contributed by atoms with Crippen LogP contribution in [0.2, 0.25) is 0 Å². The van der Waals surface area contributed by atoms with Crippen molar-refractivity contribution in [3.63, 3.8) is 0 Å². The summed E-state index contributed by atoms with van der Waals surface area (Å²) < 4.78 is 21.3. The highest BCUT2D eigenvalue weighted by atomic mass is 16.5. The van der Waals surface area contributed by atoms with Gasteiger partial charge < -0.3 is 18.6 Å². The molecule has 3 aromatic rings. The van der Waals surface area contributed by atoms with Gasteiger partial charge in [0.05, 0.1) is 25.9 Å². The van der Waals surface area contributed by atoms with Crippen LogP contribution in [0.4, 0.5) is 6.01 Å². The number of anilines is 1. The van der Waals surface area contributed by atoms with Gasteiger partial charge in [-0.3, -0.25) is 10.1 Å². The summed E-state index contributed by atoms with van der Waals surface area (Å²) in [5, 5.41) is 10.4. The Morgan fingerprint density at radius 3 is 2.27 bits per heavy atom. The number of nitrogens with one attached hydrogen (secondary N) is 1. The van der Waals surface area contributed by atoms with Crippen LogP contribution in [0, 0.1) is 0 Å². The molecule has 9 heteroatoms. The first kappa shape index (κ1) is 20.8. The summed E-state index contributed by atoms with van der Waals surface area (Å²) in [4.78, 5) is 23.8. The van der Waals surface area contributed by atoms with Crippen molar-refractivity contribution in [2.24, 2.45) is 0 Å². The molecule has 0 saturated heterocycles. The van der Waals surface area contributed by atoms with Gasteiger partial charge in [-0.25, -0.2) is 4.79 Å². The Bertz CT molecular complexity index is 1030. The molecule has 1 N–H and O–H groups in total. The van der Waals surface area contributed by atoms with Crippen LogP contribution in [0.1, 0.15) is 34.6 Å². The molecule has 3 rings (SSSR count). The van der Waals surface area contributed by atoms with Crippen molar-refractivity contribution < 1.29 is 28.2 Å². The van der Waals surface area contributed by atoms with E-state index in [9.17, 15) is 9.59 Å². The summed E-state index contributed by atoms with van der Waals surface area (Å²) in [5.74, 6) is 0.460. The van der Waals surface area contributed by atoms with Crippen molar-refractivity contribution in [1.82, 2.24) is 10.2 Å². The van der Waals surface area contributed by atoms with Crippen molar-refractivity contribution in [3.8, 4) is 23.0 Å². The maximum Gasteiger partial charge on any atom is 0.337 e. The SMILES string of the molecule is CCOc1ccc(-c2nnc(NC(=O)c3ccc(C(=O)OC)cc3)o2)cc1OCC. The van der Waals surface area contributed by atoms with Crippen molar-refractivity contribution in [2.45, 2.75) is 13.8 Å². The third-order valence-corrected chi connectivity index (χ3v) is 4.00. The summed E-state index contributed by atoms with van der Waals surface area (Å²) >= 11 is 0. The molecule has 1 aromatic heterocycles. The fraction of sp³-hybridized carbons (Fsp3) is 0.238. The predicted octanol–water partition coefficient (Wildman–Crippen LogP) is 3.57. The van der Waals surface area contributed by atoms with Crippen LogP contribution in [0.15, 0.2) is 46.9 Å². The quantitative estimate of drug-likeness (QED) is 0.560. The molecular formula is C21H21N3O6. The van der Waals surface area contributed by atoms with Gasteiger partial charge in [-0.15, -0.1) is 5.10 Å². The molecule has 1 heterocycles. The molecule has 1 amide bonds. The van der Waals surface area contributed by atoms with E-state index in [4.69, 9.17) is 13.9 Å². The molecule has 30 heavy (non-hydrogen) atoms. The Balaban J connectivity index is 1.74. The van der Waals surface area contributed by atoms with E-state index in [0.29, 0.717) is 41.4 Å². The molecule has 156 valence electrons. The van der Waals surface area contributed by atoms with E-state index in [1.807, 2.05) is 13.8 Å². The Hall–Kier alpha value is -3.88.